The van der Waals surface area contributed by atoms with Crippen molar-refractivity contribution in [2.75, 3.05) is 20.2 Å². The third-order valence-corrected chi connectivity index (χ3v) is 2.90. The second-order valence-corrected chi connectivity index (χ2v) is 4.23. The van der Waals surface area contributed by atoms with Crippen LogP contribution in [0.4, 0.5) is 13.2 Å². The molecule has 0 bridgehead atoms. The molecule has 1 aliphatic rings. The quantitative estimate of drug-likeness (QED) is 0.899. The molecular weight excluding hydrogens is 243 g/mol. The molecule has 0 aromatic heterocycles. The van der Waals surface area contributed by atoms with Crippen LogP contribution in [0.2, 0.25) is 0 Å². The van der Waals surface area contributed by atoms with E-state index in [1.165, 1.54) is 19.2 Å². The highest BCUT2D eigenvalue weighted by Gasteiger charge is 2.34. The number of hydrogen-bond donors (Lipinski definition) is 1. The van der Waals surface area contributed by atoms with Gasteiger partial charge < -0.3 is 10.1 Å². The highest BCUT2D eigenvalue weighted by Crippen LogP contribution is 2.36. The first-order valence-corrected chi connectivity index (χ1v) is 5.65. The van der Waals surface area contributed by atoms with Crippen molar-refractivity contribution in [1.82, 2.24) is 5.32 Å². The third kappa shape index (κ3) is 2.85. The van der Waals surface area contributed by atoms with Crippen LogP contribution >= 0.6 is 0 Å². The lowest BCUT2D eigenvalue weighted by molar-refractivity contribution is -0.138. The van der Waals surface area contributed by atoms with E-state index in [1.807, 2.05) is 12.2 Å². The van der Waals surface area contributed by atoms with Gasteiger partial charge >= 0.3 is 6.18 Å². The van der Waals surface area contributed by atoms with Gasteiger partial charge in [-0.05, 0) is 17.7 Å². The minimum atomic E-state index is -4.38. The normalized spacial score (nSPS) is 16.9. The third-order valence-electron chi connectivity index (χ3n) is 2.90. The maximum absolute atomic E-state index is 12.6. The molecule has 0 atom stereocenters. The molecule has 1 heterocycles. The Hall–Kier alpha value is -1.49. The maximum Gasteiger partial charge on any atom is 0.419 e. The van der Waals surface area contributed by atoms with Crippen molar-refractivity contribution in [3.63, 3.8) is 0 Å². The number of benzene rings is 1. The second-order valence-electron chi connectivity index (χ2n) is 4.23. The predicted molar refractivity (Wildman–Crippen MR) is 63.4 cm³/mol. The van der Waals surface area contributed by atoms with Crippen LogP contribution in [0.25, 0.3) is 6.08 Å². The fourth-order valence-corrected chi connectivity index (χ4v) is 1.74. The van der Waals surface area contributed by atoms with Crippen molar-refractivity contribution in [1.29, 1.82) is 0 Å². The van der Waals surface area contributed by atoms with Gasteiger partial charge in [-0.15, -0.1) is 0 Å². The standard InChI is InChI=1S/C13H14F3NO/c1-18-12-6-9(2-3-10-7-17-8-10)4-5-11(12)13(14,15)16/h2-6,10,17H,7-8H2,1H3/b3-2+. The Morgan fingerprint density at radius 3 is 2.56 bits per heavy atom. The predicted octanol–water partition coefficient (Wildman–Crippen LogP) is 2.95. The van der Waals surface area contributed by atoms with Crippen molar-refractivity contribution in [2.24, 2.45) is 5.92 Å². The van der Waals surface area contributed by atoms with Crippen LogP contribution in [0.5, 0.6) is 5.75 Å². The average Bonchev–Trinajstić information content (AvgIpc) is 2.25. The van der Waals surface area contributed by atoms with Gasteiger partial charge in [0.1, 0.15) is 5.75 Å². The summed E-state index contributed by atoms with van der Waals surface area (Å²) < 4.78 is 42.7. The van der Waals surface area contributed by atoms with Crippen LogP contribution in [0.15, 0.2) is 24.3 Å². The molecule has 1 aromatic carbocycles. The lowest BCUT2D eigenvalue weighted by Crippen LogP contribution is -2.40. The molecule has 1 saturated heterocycles. The van der Waals surface area contributed by atoms with Crippen LogP contribution in [-0.2, 0) is 6.18 Å². The minimum absolute atomic E-state index is 0.142. The zero-order valence-corrected chi connectivity index (χ0v) is 9.92. The summed E-state index contributed by atoms with van der Waals surface area (Å²) in [5.74, 6) is 0.328. The number of ether oxygens (including phenoxy) is 1. The molecule has 0 unspecified atom stereocenters. The van der Waals surface area contributed by atoms with Gasteiger partial charge in [-0.2, -0.15) is 13.2 Å². The lowest BCUT2D eigenvalue weighted by Gasteiger charge is -2.23. The first kappa shape index (κ1) is 13.0. The van der Waals surface area contributed by atoms with Gasteiger partial charge in [0, 0.05) is 19.0 Å². The lowest BCUT2D eigenvalue weighted by atomic mass is 10.0. The molecule has 98 valence electrons. The highest BCUT2D eigenvalue weighted by molar-refractivity contribution is 5.54. The van der Waals surface area contributed by atoms with Crippen molar-refractivity contribution in [3.05, 3.63) is 35.4 Å². The molecule has 1 N–H and O–H groups in total. The molecular formula is C13H14F3NO. The highest BCUT2D eigenvalue weighted by atomic mass is 19.4. The molecule has 1 fully saturated rings. The summed E-state index contributed by atoms with van der Waals surface area (Å²) >= 11 is 0. The Kier molecular flexibility index (Phi) is 3.61. The van der Waals surface area contributed by atoms with E-state index in [0.717, 1.165) is 19.2 Å². The summed E-state index contributed by atoms with van der Waals surface area (Å²) in [4.78, 5) is 0. The summed E-state index contributed by atoms with van der Waals surface area (Å²) in [5, 5.41) is 3.12. The molecule has 1 aromatic rings. The van der Waals surface area contributed by atoms with E-state index in [4.69, 9.17) is 4.74 Å². The van der Waals surface area contributed by atoms with Gasteiger partial charge in [0.15, 0.2) is 0 Å². The van der Waals surface area contributed by atoms with Gasteiger partial charge in [-0.3, -0.25) is 0 Å². The van der Waals surface area contributed by atoms with Crippen molar-refractivity contribution < 1.29 is 17.9 Å². The van der Waals surface area contributed by atoms with Crippen molar-refractivity contribution >= 4 is 6.08 Å². The number of rotatable bonds is 3. The molecule has 1 aliphatic heterocycles. The van der Waals surface area contributed by atoms with Gasteiger partial charge in [-0.1, -0.05) is 18.2 Å². The summed E-state index contributed by atoms with van der Waals surface area (Å²) in [6.07, 6.45) is -0.557. The summed E-state index contributed by atoms with van der Waals surface area (Å²) in [7, 11) is 1.24. The van der Waals surface area contributed by atoms with E-state index in [0.29, 0.717) is 11.5 Å². The average molecular weight is 257 g/mol. The first-order valence-electron chi connectivity index (χ1n) is 5.65. The Balaban J connectivity index is 2.21. The van der Waals surface area contributed by atoms with E-state index >= 15 is 0 Å². The van der Waals surface area contributed by atoms with E-state index < -0.39 is 11.7 Å². The number of alkyl halides is 3. The summed E-state index contributed by atoms with van der Waals surface area (Å²) in [5.41, 5.74) is -0.0285. The Morgan fingerprint density at radius 1 is 1.33 bits per heavy atom. The van der Waals surface area contributed by atoms with Crippen LogP contribution in [0.1, 0.15) is 11.1 Å². The maximum atomic E-state index is 12.6. The molecule has 0 amide bonds. The molecule has 18 heavy (non-hydrogen) atoms. The SMILES string of the molecule is COc1cc(/C=C/C2CNC2)ccc1C(F)(F)F. The first-order chi connectivity index (χ1) is 8.50. The largest absolute Gasteiger partial charge is 0.496 e. The molecule has 5 heteroatoms. The zero-order valence-electron chi connectivity index (χ0n) is 9.92. The molecule has 0 aliphatic carbocycles. The number of halogens is 3. The second kappa shape index (κ2) is 5.02. The van der Waals surface area contributed by atoms with Crippen molar-refractivity contribution in [3.8, 4) is 5.75 Å². The summed E-state index contributed by atoms with van der Waals surface area (Å²) in [6, 6.07) is 3.91. The monoisotopic (exact) mass is 257 g/mol. The summed E-state index contributed by atoms with van der Waals surface area (Å²) in [6.45, 7) is 1.85. The van der Waals surface area contributed by atoms with E-state index in [1.54, 1.807) is 0 Å². The Bertz CT molecular complexity index is 450. The number of nitrogens with one attached hydrogen (secondary N) is 1. The zero-order chi connectivity index (χ0) is 13.2. The smallest absolute Gasteiger partial charge is 0.419 e. The van der Waals surface area contributed by atoms with Crippen LogP contribution in [0, 0.1) is 5.92 Å². The van der Waals surface area contributed by atoms with Gasteiger partial charge in [0.25, 0.3) is 0 Å². The van der Waals surface area contributed by atoms with Gasteiger partial charge in [0.05, 0.1) is 12.7 Å². The Labute approximate surface area is 103 Å². The molecule has 2 rings (SSSR count). The molecule has 0 saturated carbocycles. The van der Waals surface area contributed by atoms with Crippen molar-refractivity contribution in [2.45, 2.75) is 6.18 Å². The molecule has 0 radical (unpaired) electrons. The number of methoxy groups -OCH3 is 1. The fourth-order valence-electron chi connectivity index (χ4n) is 1.74. The number of hydrogen-bond acceptors (Lipinski definition) is 2. The topological polar surface area (TPSA) is 21.3 Å². The van der Waals surface area contributed by atoms with E-state index in [9.17, 15) is 13.2 Å². The van der Waals surface area contributed by atoms with E-state index in [2.05, 4.69) is 5.32 Å². The van der Waals surface area contributed by atoms with Gasteiger partial charge in [0.2, 0.25) is 0 Å². The van der Waals surface area contributed by atoms with Crippen LogP contribution in [-0.4, -0.2) is 20.2 Å². The fraction of sp³-hybridized carbons (Fsp3) is 0.385. The Morgan fingerprint density at radius 2 is 2.06 bits per heavy atom. The van der Waals surface area contributed by atoms with E-state index in [-0.39, 0.29) is 5.75 Å². The van der Waals surface area contributed by atoms with Crippen LogP contribution in [0.3, 0.4) is 0 Å². The molecule has 2 nitrogen and oxygen atoms in total. The van der Waals surface area contributed by atoms with Crippen LogP contribution < -0.4 is 10.1 Å². The van der Waals surface area contributed by atoms with Gasteiger partial charge in [-0.25, -0.2) is 0 Å². The minimum Gasteiger partial charge on any atom is -0.496 e. The molecule has 0 spiro atoms.